The molecule has 0 saturated carbocycles. The van der Waals surface area contributed by atoms with Crippen molar-refractivity contribution in [1.82, 2.24) is 4.31 Å². The van der Waals surface area contributed by atoms with Crippen molar-refractivity contribution in [3.8, 4) is 11.5 Å². The first-order chi connectivity index (χ1) is 13.5. The monoisotopic (exact) mass is 402 g/mol. The SMILES string of the molecule is O=C(Nc1ccc(S(=O)(=O)N2CCCCCC2)cc1)c1ccc2c(c1)OCO2. The molecule has 148 valence electrons. The molecular formula is C20H22N2O5S. The van der Waals surface area contributed by atoms with E-state index in [0.717, 1.165) is 25.7 Å². The van der Waals surface area contributed by atoms with Gasteiger partial charge in [0.15, 0.2) is 11.5 Å². The lowest BCUT2D eigenvalue weighted by Gasteiger charge is -2.20. The number of fused-ring (bicyclic) bond motifs is 1. The van der Waals surface area contributed by atoms with Crippen LogP contribution in [0.5, 0.6) is 11.5 Å². The summed E-state index contributed by atoms with van der Waals surface area (Å²) < 4.78 is 37.7. The van der Waals surface area contributed by atoms with Crippen LogP contribution >= 0.6 is 0 Å². The summed E-state index contributed by atoms with van der Waals surface area (Å²) in [6, 6.07) is 11.3. The van der Waals surface area contributed by atoms with Gasteiger partial charge in [-0.1, -0.05) is 12.8 Å². The zero-order chi connectivity index (χ0) is 19.6. The van der Waals surface area contributed by atoms with Crippen molar-refractivity contribution in [2.75, 3.05) is 25.2 Å². The Balaban J connectivity index is 1.46. The van der Waals surface area contributed by atoms with Gasteiger partial charge in [0, 0.05) is 24.3 Å². The van der Waals surface area contributed by atoms with Gasteiger partial charge < -0.3 is 14.8 Å². The number of sulfonamides is 1. The number of carbonyl (C=O) groups excluding carboxylic acids is 1. The molecule has 4 rings (SSSR count). The lowest BCUT2D eigenvalue weighted by Crippen LogP contribution is -2.31. The van der Waals surface area contributed by atoms with Gasteiger partial charge in [0.1, 0.15) is 0 Å². The maximum Gasteiger partial charge on any atom is 0.255 e. The third-order valence-electron chi connectivity index (χ3n) is 4.95. The van der Waals surface area contributed by atoms with Gasteiger partial charge in [0.25, 0.3) is 5.91 Å². The lowest BCUT2D eigenvalue weighted by atomic mass is 10.2. The zero-order valence-electron chi connectivity index (χ0n) is 15.4. The number of amides is 1. The molecule has 2 aromatic carbocycles. The van der Waals surface area contributed by atoms with Crippen LogP contribution < -0.4 is 14.8 Å². The van der Waals surface area contributed by atoms with Gasteiger partial charge >= 0.3 is 0 Å². The van der Waals surface area contributed by atoms with E-state index < -0.39 is 10.0 Å². The van der Waals surface area contributed by atoms with E-state index in [-0.39, 0.29) is 17.6 Å². The summed E-state index contributed by atoms with van der Waals surface area (Å²) in [7, 11) is -3.50. The molecule has 7 nitrogen and oxygen atoms in total. The fraction of sp³-hybridized carbons (Fsp3) is 0.350. The van der Waals surface area contributed by atoms with E-state index in [1.165, 1.54) is 12.1 Å². The molecule has 0 unspecified atom stereocenters. The third kappa shape index (κ3) is 3.83. The number of anilines is 1. The Bertz CT molecular complexity index is 965. The molecule has 2 aromatic rings. The Morgan fingerprint density at radius 2 is 1.57 bits per heavy atom. The second-order valence-electron chi connectivity index (χ2n) is 6.86. The van der Waals surface area contributed by atoms with E-state index >= 15 is 0 Å². The predicted octanol–water partition coefficient (Wildman–Crippen LogP) is 3.23. The van der Waals surface area contributed by atoms with Crippen LogP contribution in [0.1, 0.15) is 36.0 Å². The van der Waals surface area contributed by atoms with Gasteiger partial charge in [0.2, 0.25) is 16.8 Å². The fourth-order valence-corrected chi connectivity index (χ4v) is 4.90. The third-order valence-corrected chi connectivity index (χ3v) is 6.86. The number of ether oxygens (including phenoxy) is 2. The molecular weight excluding hydrogens is 380 g/mol. The fourth-order valence-electron chi connectivity index (χ4n) is 3.38. The molecule has 1 fully saturated rings. The lowest BCUT2D eigenvalue weighted by molar-refractivity contribution is 0.102. The minimum absolute atomic E-state index is 0.146. The number of hydrogen-bond acceptors (Lipinski definition) is 5. The van der Waals surface area contributed by atoms with E-state index in [2.05, 4.69) is 5.32 Å². The highest BCUT2D eigenvalue weighted by Crippen LogP contribution is 2.32. The van der Waals surface area contributed by atoms with Crippen LogP contribution in [-0.2, 0) is 10.0 Å². The molecule has 0 radical (unpaired) electrons. The van der Waals surface area contributed by atoms with Gasteiger partial charge in [0.05, 0.1) is 4.90 Å². The topological polar surface area (TPSA) is 84.9 Å². The largest absolute Gasteiger partial charge is 0.454 e. The van der Waals surface area contributed by atoms with Crippen LogP contribution in [0.25, 0.3) is 0 Å². The molecule has 2 aliphatic heterocycles. The molecule has 8 heteroatoms. The Hall–Kier alpha value is -2.58. The van der Waals surface area contributed by atoms with Crippen molar-refractivity contribution < 1.29 is 22.7 Å². The first-order valence-corrected chi connectivity index (χ1v) is 10.8. The molecule has 2 heterocycles. The molecule has 0 atom stereocenters. The summed E-state index contributed by atoms with van der Waals surface area (Å²) in [5.41, 5.74) is 0.961. The first-order valence-electron chi connectivity index (χ1n) is 9.35. The molecule has 28 heavy (non-hydrogen) atoms. The summed E-state index contributed by atoms with van der Waals surface area (Å²) in [6.07, 6.45) is 3.92. The van der Waals surface area contributed by atoms with Crippen LogP contribution in [0.3, 0.4) is 0 Å². The molecule has 2 aliphatic rings. The second kappa shape index (κ2) is 7.81. The Morgan fingerprint density at radius 1 is 0.893 bits per heavy atom. The highest BCUT2D eigenvalue weighted by atomic mass is 32.2. The Kier molecular flexibility index (Phi) is 5.23. The number of nitrogens with one attached hydrogen (secondary N) is 1. The van der Waals surface area contributed by atoms with E-state index in [1.54, 1.807) is 34.6 Å². The minimum atomic E-state index is -3.50. The molecule has 1 saturated heterocycles. The van der Waals surface area contributed by atoms with Crippen LogP contribution in [-0.4, -0.2) is 38.5 Å². The number of rotatable bonds is 4. The van der Waals surface area contributed by atoms with Gasteiger partial charge in [-0.2, -0.15) is 4.31 Å². The molecule has 1 amide bonds. The molecule has 0 spiro atoms. The van der Waals surface area contributed by atoms with Crippen molar-refractivity contribution in [3.63, 3.8) is 0 Å². The normalized spacial score (nSPS) is 17.1. The van der Waals surface area contributed by atoms with Crippen molar-refractivity contribution in [3.05, 3.63) is 48.0 Å². The van der Waals surface area contributed by atoms with E-state index in [4.69, 9.17) is 9.47 Å². The van der Waals surface area contributed by atoms with Gasteiger partial charge in [-0.25, -0.2) is 8.42 Å². The summed E-state index contributed by atoms with van der Waals surface area (Å²) in [6.45, 7) is 1.27. The highest BCUT2D eigenvalue weighted by molar-refractivity contribution is 7.89. The summed E-state index contributed by atoms with van der Waals surface area (Å²) in [4.78, 5) is 12.7. The number of carbonyl (C=O) groups is 1. The van der Waals surface area contributed by atoms with Crippen molar-refractivity contribution in [1.29, 1.82) is 0 Å². The van der Waals surface area contributed by atoms with Crippen molar-refractivity contribution in [2.24, 2.45) is 0 Å². The van der Waals surface area contributed by atoms with Crippen molar-refractivity contribution >= 4 is 21.6 Å². The van der Waals surface area contributed by atoms with Crippen molar-refractivity contribution in [2.45, 2.75) is 30.6 Å². The van der Waals surface area contributed by atoms with Crippen LogP contribution in [0.2, 0.25) is 0 Å². The van der Waals surface area contributed by atoms with Crippen LogP contribution in [0.4, 0.5) is 5.69 Å². The summed E-state index contributed by atoms with van der Waals surface area (Å²) >= 11 is 0. The molecule has 0 bridgehead atoms. The predicted molar refractivity (Wildman–Crippen MR) is 104 cm³/mol. The van der Waals surface area contributed by atoms with Gasteiger partial charge in [-0.3, -0.25) is 4.79 Å². The van der Waals surface area contributed by atoms with Crippen LogP contribution in [0, 0.1) is 0 Å². The number of nitrogens with zero attached hydrogens (tertiary/aromatic N) is 1. The molecule has 0 aromatic heterocycles. The quantitative estimate of drug-likeness (QED) is 0.849. The van der Waals surface area contributed by atoms with E-state index in [0.29, 0.717) is 35.8 Å². The van der Waals surface area contributed by atoms with Crippen LogP contribution in [0.15, 0.2) is 47.4 Å². The average molecular weight is 402 g/mol. The average Bonchev–Trinajstić information content (AvgIpc) is 2.99. The van der Waals surface area contributed by atoms with E-state index in [9.17, 15) is 13.2 Å². The smallest absolute Gasteiger partial charge is 0.255 e. The number of benzene rings is 2. The maximum absolute atomic E-state index is 12.8. The minimum Gasteiger partial charge on any atom is -0.454 e. The van der Waals surface area contributed by atoms with Gasteiger partial charge in [-0.05, 0) is 55.3 Å². The molecule has 1 N–H and O–H groups in total. The first kappa shape index (κ1) is 18.8. The maximum atomic E-state index is 12.8. The van der Waals surface area contributed by atoms with E-state index in [1.807, 2.05) is 0 Å². The Morgan fingerprint density at radius 3 is 2.29 bits per heavy atom. The summed E-state index contributed by atoms with van der Waals surface area (Å²) in [5.74, 6) is 0.840. The standard InChI is InChI=1S/C20H22N2O5S/c23-20(15-5-10-18-19(13-15)27-14-26-18)21-16-6-8-17(9-7-16)28(24,25)22-11-3-1-2-4-12-22/h5-10,13H,1-4,11-12,14H2,(H,21,23). The Labute approximate surface area is 164 Å². The second-order valence-corrected chi connectivity index (χ2v) is 8.80. The highest BCUT2D eigenvalue weighted by Gasteiger charge is 2.25. The zero-order valence-corrected chi connectivity index (χ0v) is 16.2. The number of hydrogen-bond donors (Lipinski definition) is 1. The van der Waals surface area contributed by atoms with Gasteiger partial charge in [-0.15, -0.1) is 0 Å². The summed E-state index contributed by atoms with van der Waals surface area (Å²) in [5, 5.41) is 2.77. The molecule has 0 aliphatic carbocycles.